The van der Waals surface area contributed by atoms with Crippen LogP contribution in [0.1, 0.15) is 54.2 Å². The Morgan fingerprint density at radius 2 is 0.889 bits per heavy atom. The number of nitrogens with one attached hydrogen (secondary N) is 2. The van der Waals surface area contributed by atoms with Gasteiger partial charge in [0.25, 0.3) is 10.2 Å². The summed E-state index contributed by atoms with van der Waals surface area (Å²) in [6.07, 6.45) is -15.8. The lowest BCUT2D eigenvalue weighted by Gasteiger charge is -2.25. The molecule has 9 rings (SSSR count). The van der Waals surface area contributed by atoms with Gasteiger partial charge in [0.15, 0.2) is 0 Å². The summed E-state index contributed by atoms with van der Waals surface area (Å²) in [6, 6.07) is 34.5. The van der Waals surface area contributed by atoms with Crippen LogP contribution in [0, 0.1) is 17.5 Å². The van der Waals surface area contributed by atoms with E-state index in [1.165, 1.54) is 23.5 Å². The molecule has 0 spiro atoms. The summed E-state index contributed by atoms with van der Waals surface area (Å²) in [5.41, 5.74) is -4.98. The summed E-state index contributed by atoms with van der Waals surface area (Å²) in [5, 5.41) is 12.1. The predicted octanol–water partition coefficient (Wildman–Crippen LogP) is 15.8. The fourth-order valence-electron chi connectivity index (χ4n) is 7.48. The molecule has 1 amide bonds. The average molecular weight is 1230 g/mol. The van der Waals surface area contributed by atoms with Gasteiger partial charge in [0, 0.05) is 20.6 Å². The normalized spacial score (nSPS) is 12.3. The van der Waals surface area contributed by atoms with E-state index in [1.54, 1.807) is 80.1 Å². The molecule has 0 saturated heterocycles. The number of nitrogens with two attached hydrogens (primary N) is 1. The number of ether oxygens (including phenoxy) is 1. The second-order valence-corrected chi connectivity index (χ2v) is 24.6. The first kappa shape index (κ1) is 61.5. The molecule has 3 aromatic heterocycles. The molecule has 0 saturated carbocycles. The molecule has 28 heteroatoms. The van der Waals surface area contributed by atoms with Crippen molar-refractivity contribution < 1.29 is 79.1 Å². The van der Waals surface area contributed by atoms with Crippen molar-refractivity contribution >= 4 is 106 Å². The first-order chi connectivity index (χ1) is 37.6. The zero-order valence-corrected chi connectivity index (χ0v) is 46.1. The lowest BCUT2D eigenvalue weighted by Crippen LogP contribution is -2.45. The van der Waals surface area contributed by atoms with Crippen LogP contribution in [0.5, 0.6) is 0 Å². The molecule has 0 aliphatic carbocycles. The fraction of sp³-hybridized carbons (Fsp3) is 0.189. The number of hydrogen-bond donors (Lipinski definition) is 3. The summed E-state index contributed by atoms with van der Waals surface area (Å²) >= 11 is 3.72. The maximum absolute atomic E-state index is 13.7. The Hall–Kier alpha value is -7.11. The Kier molecular flexibility index (Phi) is 18.3. The maximum Gasteiger partial charge on any atom is 0.422 e. The third kappa shape index (κ3) is 16.3. The molecule has 9 aromatic rings. The number of thiophene rings is 3. The first-order valence-electron chi connectivity index (χ1n) is 23.2. The van der Waals surface area contributed by atoms with Gasteiger partial charge < -0.3 is 10.1 Å². The predicted molar refractivity (Wildman–Crippen MR) is 291 cm³/mol. The number of fused-ring (bicyclic) bond motifs is 3. The van der Waals surface area contributed by atoms with E-state index in [0.717, 1.165) is 85.4 Å². The smallest absolute Gasteiger partial charge is 0.422 e. The monoisotopic (exact) mass is 1230 g/mol. The highest BCUT2D eigenvalue weighted by Crippen LogP contribution is 2.39. The van der Waals surface area contributed by atoms with E-state index in [9.17, 15) is 74.3 Å². The summed E-state index contributed by atoms with van der Waals surface area (Å²) < 4.78 is 217. The largest absolute Gasteiger partial charge is 0.443 e. The van der Waals surface area contributed by atoms with Crippen molar-refractivity contribution in [1.29, 1.82) is 0 Å². The number of benzene rings is 6. The van der Waals surface area contributed by atoms with Gasteiger partial charge in [-0.1, -0.05) is 72.8 Å². The SMILES string of the molecule is CC(C)(C)OC(=O)NS(=O)(=O)N(Cc1ccc(F)c(C(F)(F)F)c1)c1cc2ccccc2s1.Fc1ccc(CNc2cc3ccccc3s2)cc1C(F)(F)F.NS(=O)(=O)N(Cc1ccc(F)c(C(F)(F)F)c1)c1cc2ccccc2s1. The highest BCUT2D eigenvalue weighted by atomic mass is 32.2. The van der Waals surface area contributed by atoms with Crippen LogP contribution in [0.25, 0.3) is 30.3 Å². The van der Waals surface area contributed by atoms with Crippen LogP contribution in [0.3, 0.4) is 0 Å². The number of rotatable bonds is 12. The minimum atomic E-state index is -4.96. The number of carbonyl (C=O) groups is 1. The van der Waals surface area contributed by atoms with Crippen LogP contribution in [-0.2, 0) is 63.3 Å². The Labute approximate surface area is 467 Å². The Morgan fingerprint density at radius 3 is 1.28 bits per heavy atom. The molecule has 0 fully saturated rings. The molecule has 430 valence electrons. The zero-order valence-electron chi connectivity index (χ0n) is 42.0. The quantitative estimate of drug-likeness (QED) is 0.103. The van der Waals surface area contributed by atoms with Crippen LogP contribution in [0.15, 0.2) is 146 Å². The second kappa shape index (κ2) is 24.2. The number of carbonyl (C=O) groups excluding carboxylic acids is 1. The fourth-order valence-corrected chi connectivity index (χ4v) is 12.8. The van der Waals surface area contributed by atoms with Crippen LogP contribution < -0.4 is 23.8 Å². The van der Waals surface area contributed by atoms with Crippen LogP contribution in [-0.4, -0.2) is 28.5 Å². The minimum Gasteiger partial charge on any atom is -0.443 e. The Bertz CT molecular complexity index is 3850. The van der Waals surface area contributed by atoms with E-state index >= 15 is 0 Å². The lowest BCUT2D eigenvalue weighted by molar-refractivity contribution is -0.140. The van der Waals surface area contributed by atoms with Gasteiger partial charge in [-0.15, -0.1) is 34.0 Å². The van der Waals surface area contributed by atoms with Gasteiger partial charge in [0.05, 0.1) is 34.8 Å². The maximum atomic E-state index is 13.7. The van der Waals surface area contributed by atoms with Crippen molar-refractivity contribution in [3.05, 3.63) is 196 Å². The van der Waals surface area contributed by atoms with E-state index in [1.807, 2.05) is 30.3 Å². The van der Waals surface area contributed by atoms with Gasteiger partial charge in [-0.25, -0.2) is 36.4 Å². The molecule has 0 aliphatic heterocycles. The summed E-state index contributed by atoms with van der Waals surface area (Å²) in [5.74, 6) is -4.15. The van der Waals surface area contributed by atoms with E-state index in [2.05, 4.69) is 5.32 Å². The zero-order chi connectivity index (χ0) is 59.5. The second-order valence-electron chi connectivity index (χ2n) is 18.4. The van der Waals surface area contributed by atoms with Crippen molar-refractivity contribution in [2.75, 3.05) is 13.9 Å². The number of amides is 1. The number of nitrogens with zero attached hydrogens (tertiary/aromatic N) is 2. The molecule has 81 heavy (non-hydrogen) atoms. The number of alkyl halides is 9. The average Bonchev–Trinajstić information content (AvgIpc) is 4.27. The van der Waals surface area contributed by atoms with Crippen LogP contribution in [0.2, 0.25) is 0 Å². The molecule has 4 N–H and O–H groups in total. The molecule has 3 heterocycles. The number of anilines is 3. The topological polar surface area (TPSA) is 151 Å². The van der Waals surface area contributed by atoms with Gasteiger partial charge in [-0.3, -0.25) is 0 Å². The molecule has 0 atom stereocenters. The summed E-state index contributed by atoms with van der Waals surface area (Å²) in [6.45, 7) is 3.79. The third-order valence-corrected chi connectivity index (χ3v) is 16.9. The third-order valence-electron chi connectivity index (χ3n) is 11.1. The highest BCUT2D eigenvalue weighted by molar-refractivity contribution is 7.91. The van der Waals surface area contributed by atoms with Crippen LogP contribution in [0.4, 0.5) is 72.5 Å². The summed E-state index contributed by atoms with van der Waals surface area (Å²) in [7, 11) is -8.86. The van der Waals surface area contributed by atoms with Crippen molar-refractivity contribution in [2.45, 2.75) is 64.5 Å². The minimum absolute atomic E-state index is 0.0368. The molecule has 11 nitrogen and oxygen atoms in total. The van der Waals surface area contributed by atoms with Crippen molar-refractivity contribution in [3.63, 3.8) is 0 Å². The standard InChI is InChI=1S/C21H20F4N2O4S2.C16H12F4N2O2S2.C16H11F4NS/c1-20(2,3)31-19(28)26-33(29,30)27(18-11-14-6-4-5-7-17(14)32-18)12-13-8-9-16(22)15(10-13)21(23,24)25;17-13-6-5-10(7-12(13)16(18,19)20)9-22(26(21,23)24)15-8-11-3-1-2-4-14(11)25-15;17-13-6-5-10(7-12(13)16(18,19)20)9-21-15-8-11-3-1-2-4-14(11)22-15/h4-11H,12H2,1-3H3,(H,26,28);1-8H,9H2,(H2,21,23,24);1-8,21H,9H2. The molecule has 0 radical (unpaired) electrons. The Balaban J connectivity index is 0.000000179. The molecular weight excluding hydrogens is 1190 g/mol. The van der Waals surface area contributed by atoms with Crippen molar-refractivity contribution in [2.24, 2.45) is 5.14 Å². The molecule has 0 unspecified atom stereocenters. The molecule has 0 aliphatic rings. The van der Waals surface area contributed by atoms with Crippen LogP contribution >= 0.6 is 34.0 Å². The number of halogens is 12. The van der Waals surface area contributed by atoms with E-state index < -0.39 is 97.9 Å². The van der Waals surface area contributed by atoms with Gasteiger partial charge in [-0.2, -0.15) is 56.3 Å². The molecular formula is C53H43F12N5O6S5. The van der Waals surface area contributed by atoms with Gasteiger partial charge in [0.1, 0.15) is 33.1 Å². The lowest BCUT2D eigenvalue weighted by atomic mass is 10.1. The highest BCUT2D eigenvalue weighted by Gasteiger charge is 2.37. The van der Waals surface area contributed by atoms with E-state index in [-0.39, 0.29) is 27.7 Å². The van der Waals surface area contributed by atoms with E-state index in [0.29, 0.717) is 35.2 Å². The van der Waals surface area contributed by atoms with E-state index in [4.69, 9.17) is 9.88 Å². The molecule has 6 aromatic carbocycles. The van der Waals surface area contributed by atoms with Crippen molar-refractivity contribution in [1.82, 2.24) is 4.72 Å². The Morgan fingerprint density at radius 1 is 0.519 bits per heavy atom. The molecule has 0 bridgehead atoms. The summed E-state index contributed by atoms with van der Waals surface area (Å²) in [4.78, 5) is 12.1. The van der Waals surface area contributed by atoms with Gasteiger partial charge >= 0.3 is 34.8 Å². The van der Waals surface area contributed by atoms with Gasteiger partial charge in [0.2, 0.25) is 0 Å². The number of hydrogen-bond acceptors (Lipinski definition) is 10. The van der Waals surface area contributed by atoms with Gasteiger partial charge in [-0.05, 0) is 126 Å². The first-order valence-corrected chi connectivity index (χ1v) is 28.6. The van der Waals surface area contributed by atoms with Crippen molar-refractivity contribution in [3.8, 4) is 0 Å².